The zero-order chi connectivity index (χ0) is 12.8. The van der Waals surface area contributed by atoms with Gasteiger partial charge in [-0.15, -0.1) is 0 Å². The Morgan fingerprint density at radius 3 is 2.56 bits per heavy atom. The third kappa shape index (κ3) is 3.07. The normalized spacial score (nSPS) is 10.0. The minimum absolute atomic E-state index is 0.507. The summed E-state index contributed by atoms with van der Waals surface area (Å²) in [6, 6.07) is 7.37. The fourth-order valence-electron chi connectivity index (χ4n) is 1.57. The molecule has 0 bridgehead atoms. The maximum Gasteiger partial charge on any atom is 0.451 e. The molecule has 0 saturated carbocycles. The number of hydrogen-bond donors (Lipinski definition) is 0. The van der Waals surface area contributed by atoms with E-state index < -0.39 is 0 Å². The average Bonchev–Trinajstić information content (AvgIpc) is 2.46. The lowest BCUT2D eigenvalue weighted by atomic mass is 10.1. The van der Waals surface area contributed by atoms with Gasteiger partial charge in [0.15, 0.2) is 6.29 Å². The molecule has 0 saturated heterocycles. The maximum absolute atomic E-state index is 10.5. The molecule has 0 amide bonds. The summed E-state index contributed by atoms with van der Waals surface area (Å²) >= 11 is 0. The SMILES string of the molecule is C=[O+]c1ccc(CCc2ccc(C=O)cn2)cn1. The third-order valence-corrected chi connectivity index (χ3v) is 2.60. The van der Waals surface area contributed by atoms with Gasteiger partial charge in [0.1, 0.15) is 0 Å². The zero-order valence-corrected chi connectivity index (χ0v) is 9.87. The second-order valence-corrected chi connectivity index (χ2v) is 3.85. The molecule has 0 unspecified atom stereocenters. The Hall–Kier alpha value is -2.36. The highest BCUT2D eigenvalue weighted by atomic mass is 16.4. The van der Waals surface area contributed by atoms with Crippen molar-refractivity contribution in [3.8, 4) is 5.88 Å². The number of pyridine rings is 2. The van der Waals surface area contributed by atoms with Gasteiger partial charge in [0.2, 0.25) is 0 Å². The number of aryl methyl sites for hydroxylation is 2. The van der Waals surface area contributed by atoms with Crippen LogP contribution < -0.4 is 0 Å². The molecule has 0 N–H and O–H groups in total. The number of aldehydes is 1. The van der Waals surface area contributed by atoms with Crippen LogP contribution in [-0.2, 0) is 17.3 Å². The van der Waals surface area contributed by atoms with Gasteiger partial charge in [-0.1, -0.05) is 0 Å². The summed E-state index contributed by atoms with van der Waals surface area (Å²) in [5.41, 5.74) is 2.66. The molecule has 2 aromatic rings. The summed E-state index contributed by atoms with van der Waals surface area (Å²) in [5.74, 6) is 0.507. The summed E-state index contributed by atoms with van der Waals surface area (Å²) in [5, 5.41) is 0. The van der Waals surface area contributed by atoms with Crippen LogP contribution in [0.1, 0.15) is 21.6 Å². The van der Waals surface area contributed by atoms with Crippen LogP contribution in [0.15, 0.2) is 36.7 Å². The molecule has 4 nitrogen and oxygen atoms in total. The summed E-state index contributed by atoms with van der Waals surface area (Å²) in [6.45, 7) is 3.29. The maximum atomic E-state index is 10.5. The largest absolute Gasteiger partial charge is 0.451 e. The second kappa shape index (κ2) is 5.82. The highest BCUT2D eigenvalue weighted by molar-refractivity contribution is 5.73. The fraction of sp³-hybridized carbons (Fsp3) is 0.143. The van der Waals surface area contributed by atoms with Crippen molar-refractivity contribution in [3.63, 3.8) is 0 Å². The van der Waals surface area contributed by atoms with Crippen molar-refractivity contribution in [1.29, 1.82) is 0 Å². The van der Waals surface area contributed by atoms with Gasteiger partial charge < -0.3 is 0 Å². The van der Waals surface area contributed by atoms with E-state index in [0.717, 1.165) is 30.4 Å². The minimum atomic E-state index is 0.507. The molecule has 0 aliphatic carbocycles. The number of aromatic nitrogens is 2. The summed E-state index contributed by atoms with van der Waals surface area (Å²) in [7, 11) is 0. The van der Waals surface area contributed by atoms with E-state index in [-0.39, 0.29) is 0 Å². The van der Waals surface area contributed by atoms with Crippen LogP contribution in [0.4, 0.5) is 0 Å². The second-order valence-electron chi connectivity index (χ2n) is 3.85. The molecule has 2 heterocycles. The quantitative estimate of drug-likeness (QED) is 0.595. The Kier molecular flexibility index (Phi) is 3.91. The first-order chi connectivity index (χ1) is 8.81. The van der Waals surface area contributed by atoms with Crippen molar-refractivity contribution in [2.75, 3.05) is 0 Å². The van der Waals surface area contributed by atoms with Gasteiger partial charge in [-0.25, -0.2) is 4.42 Å². The van der Waals surface area contributed by atoms with E-state index in [9.17, 15) is 4.79 Å². The summed E-state index contributed by atoms with van der Waals surface area (Å²) in [4.78, 5) is 18.8. The van der Waals surface area contributed by atoms with Crippen LogP contribution in [0.2, 0.25) is 0 Å². The number of hydrogen-bond acceptors (Lipinski definition) is 3. The van der Waals surface area contributed by atoms with Crippen LogP contribution in [0.3, 0.4) is 0 Å². The van der Waals surface area contributed by atoms with Gasteiger partial charge >= 0.3 is 5.88 Å². The number of nitrogens with zero attached hydrogens (tertiary/aromatic N) is 2. The van der Waals surface area contributed by atoms with Crippen molar-refractivity contribution in [2.45, 2.75) is 12.8 Å². The van der Waals surface area contributed by atoms with Gasteiger partial charge in [-0.05, 0) is 36.6 Å². The molecule has 0 radical (unpaired) electrons. The Bertz CT molecular complexity index is 481. The lowest BCUT2D eigenvalue weighted by Gasteiger charge is -2.00. The van der Waals surface area contributed by atoms with Crippen molar-refractivity contribution in [2.24, 2.45) is 0 Å². The Morgan fingerprint density at radius 2 is 2.00 bits per heavy atom. The monoisotopic (exact) mass is 241 g/mol. The molecule has 90 valence electrons. The van der Waals surface area contributed by atoms with Crippen molar-refractivity contribution < 1.29 is 9.22 Å². The average molecular weight is 241 g/mol. The summed E-state index contributed by atoms with van der Waals surface area (Å²) < 4.78 is 4.75. The molecule has 0 atom stereocenters. The third-order valence-electron chi connectivity index (χ3n) is 2.60. The van der Waals surface area contributed by atoms with E-state index in [2.05, 4.69) is 16.8 Å². The van der Waals surface area contributed by atoms with Gasteiger partial charge in [-0.2, -0.15) is 4.98 Å². The molecule has 18 heavy (non-hydrogen) atoms. The molecule has 2 aromatic heterocycles. The molecule has 0 spiro atoms. The van der Waals surface area contributed by atoms with E-state index in [4.69, 9.17) is 4.42 Å². The Labute approximate surface area is 105 Å². The van der Waals surface area contributed by atoms with Crippen LogP contribution in [0, 0.1) is 0 Å². The van der Waals surface area contributed by atoms with Gasteiger partial charge in [0.05, 0.1) is 6.07 Å². The Balaban J connectivity index is 1.97. The lowest BCUT2D eigenvalue weighted by Crippen LogP contribution is -1.95. The first-order valence-corrected chi connectivity index (χ1v) is 5.59. The van der Waals surface area contributed by atoms with Crippen LogP contribution in [-0.4, -0.2) is 23.0 Å². The number of rotatable bonds is 5. The molecule has 0 fully saturated rings. The van der Waals surface area contributed by atoms with Crippen LogP contribution in [0.25, 0.3) is 0 Å². The fourth-order valence-corrected chi connectivity index (χ4v) is 1.57. The standard InChI is InChI=1S/C14H13N2O2/c1-18-14-7-4-11(8-16-14)2-5-13-6-3-12(10-17)9-15-13/h3-4,6-10H,1-2,5H2/q+1. The highest BCUT2D eigenvalue weighted by Gasteiger charge is 2.02. The predicted octanol–water partition coefficient (Wildman–Crippen LogP) is 2.15. The highest BCUT2D eigenvalue weighted by Crippen LogP contribution is 2.09. The van der Waals surface area contributed by atoms with E-state index >= 15 is 0 Å². The molecule has 0 aliphatic heterocycles. The predicted molar refractivity (Wildman–Crippen MR) is 67.8 cm³/mol. The number of carbonyl (C=O) groups is 1. The zero-order valence-electron chi connectivity index (χ0n) is 9.87. The molecule has 4 heteroatoms. The Morgan fingerprint density at radius 1 is 1.11 bits per heavy atom. The van der Waals surface area contributed by atoms with Crippen molar-refractivity contribution in [3.05, 3.63) is 53.5 Å². The molecule has 0 aromatic carbocycles. The van der Waals surface area contributed by atoms with Crippen molar-refractivity contribution >= 4 is 13.1 Å². The van der Waals surface area contributed by atoms with E-state index in [0.29, 0.717) is 11.4 Å². The first-order valence-electron chi connectivity index (χ1n) is 5.59. The van der Waals surface area contributed by atoms with Crippen LogP contribution >= 0.6 is 0 Å². The minimum Gasteiger partial charge on any atom is -0.298 e. The molecule has 2 rings (SSSR count). The van der Waals surface area contributed by atoms with Crippen molar-refractivity contribution in [1.82, 2.24) is 9.97 Å². The smallest absolute Gasteiger partial charge is 0.298 e. The first kappa shape index (κ1) is 12.1. The lowest BCUT2D eigenvalue weighted by molar-refractivity contribution is -0.360. The van der Waals surface area contributed by atoms with E-state index in [1.165, 1.54) is 0 Å². The van der Waals surface area contributed by atoms with Gasteiger partial charge in [0, 0.05) is 23.7 Å². The van der Waals surface area contributed by atoms with Gasteiger partial charge in [-0.3, -0.25) is 9.78 Å². The molecule has 0 aliphatic rings. The number of carbonyl (C=O) groups excluding carboxylic acids is 2. The molecular weight excluding hydrogens is 228 g/mol. The topological polar surface area (TPSA) is 54.2 Å². The summed E-state index contributed by atoms with van der Waals surface area (Å²) in [6.07, 6.45) is 5.79. The van der Waals surface area contributed by atoms with Crippen LogP contribution in [0.5, 0.6) is 5.88 Å². The van der Waals surface area contributed by atoms with E-state index in [1.54, 1.807) is 24.5 Å². The van der Waals surface area contributed by atoms with Gasteiger partial charge in [0.25, 0.3) is 6.79 Å². The molecular formula is C14H13N2O2+. The van der Waals surface area contributed by atoms with E-state index in [1.807, 2.05) is 12.1 Å².